The van der Waals surface area contributed by atoms with E-state index in [4.69, 9.17) is 9.72 Å². The summed E-state index contributed by atoms with van der Waals surface area (Å²) in [5.74, 6) is 0.532. The number of para-hydroxylation sites is 2. The number of fused-ring (bicyclic) bond motifs is 1. The number of aryl methyl sites for hydroxylation is 1. The van der Waals surface area contributed by atoms with E-state index in [0.717, 1.165) is 43.4 Å². The summed E-state index contributed by atoms with van der Waals surface area (Å²) in [7, 11) is 0. The Morgan fingerprint density at radius 3 is 2.64 bits per heavy atom. The maximum atomic E-state index is 12.5. The van der Waals surface area contributed by atoms with E-state index in [1.807, 2.05) is 74.5 Å². The number of anilines is 1. The molecular formula is C23H20N2O2S. The van der Waals surface area contributed by atoms with E-state index in [1.54, 1.807) is 11.3 Å². The van der Waals surface area contributed by atoms with Crippen LogP contribution in [0, 0.1) is 13.8 Å². The minimum absolute atomic E-state index is 0.0432. The van der Waals surface area contributed by atoms with Gasteiger partial charge in [0.25, 0.3) is 5.91 Å². The van der Waals surface area contributed by atoms with Gasteiger partial charge in [0, 0.05) is 5.56 Å². The molecule has 0 fully saturated rings. The van der Waals surface area contributed by atoms with Crippen LogP contribution in [0.3, 0.4) is 0 Å². The Kier molecular flexibility index (Phi) is 5.08. The maximum absolute atomic E-state index is 12.5. The predicted molar refractivity (Wildman–Crippen MR) is 115 cm³/mol. The molecule has 140 valence electrons. The lowest BCUT2D eigenvalue weighted by molar-refractivity contribution is -0.118. The number of thiazole rings is 1. The molecule has 1 N–H and O–H groups in total. The summed E-state index contributed by atoms with van der Waals surface area (Å²) < 4.78 is 6.84. The van der Waals surface area contributed by atoms with Crippen molar-refractivity contribution in [2.75, 3.05) is 11.9 Å². The van der Waals surface area contributed by atoms with E-state index in [2.05, 4.69) is 11.4 Å². The molecule has 1 heterocycles. The van der Waals surface area contributed by atoms with Gasteiger partial charge >= 0.3 is 0 Å². The third kappa shape index (κ3) is 3.75. The summed E-state index contributed by atoms with van der Waals surface area (Å²) in [5.41, 5.74) is 4.78. The molecule has 4 nitrogen and oxygen atoms in total. The maximum Gasteiger partial charge on any atom is 0.262 e. The van der Waals surface area contributed by atoms with Crippen LogP contribution in [0.15, 0.2) is 66.7 Å². The Hall–Kier alpha value is -3.18. The third-order valence-corrected chi connectivity index (χ3v) is 5.71. The molecule has 0 aliphatic heterocycles. The van der Waals surface area contributed by atoms with Crippen LogP contribution in [-0.4, -0.2) is 17.5 Å². The van der Waals surface area contributed by atoms with Gasteiger partial charge in [0.2, 0.25) is 0 Å². The van der Waals surface area contributed by atoms with Crippen molar-refractivity contribution >= 4 is 33.1 Å². The topological polar surface area (TPSA) is 51.2 Å². The molecule has 3 aromatic carbocycles. The van der Waals surface area contributed by atoms with Crippen molar-refractivity contribution in [3.63, 3.8) is 0 Å². The number of nitrogens with zero attached hydrogens (tertiary/aromatic N) is 1. The lowest BCUT2D eigenvalue weighted by Gasteiger charge is -2.12. The van der Waals surface area contributed by atoms with Gasteiger partial charge in [-0.3, -0.25) is 4.79 Å². The fourth-order valence-corrected chi connectivity index (χ4v) is 3.98. The molecule has 0 radical (unpaired) electrons. The first kappa shape index (κ1) is 18.2. The normalized spacial score (nSPS) is 10.8. The van der Waals surface area contributed by atoms with Gasteiger partial charge in [-0.05, 0) is 55.3 Å². The van der Waals surface area contributed by atoms with Gasteiger partial charge in [0.15, 0.2) is 6.61 Å². The highest BCUT2D eigenvalue weighted by atomic mass is 32.1. The summed E-state index contributed by atoms with van der Waals surface area (Å²) in [6, 6.07) is 21.6. The van der Waals surface area contributed by atoms with Gasteiger partial charge in [0.1, 0.15) is 10.8 Å². The number of rotatable bonds is 5. The summed E-state index contributed by atoms with van der Waals surface area (Å²) in [6.07, 6.45) is 0. The number of amides is 1. The van der Waals surface area contributed by atoms with Crippen LogP contribution >= 0.6 is 11.3 Å². The number of ether oxygens (including phenoxy) is 1. The SMILES string of the molecule is Cc1cccc(OCC(=O)Nc2ccccc2-c2nc3ccccc3s2)c1C. The van der Waals surface area contributed by atoms with E-state index < -0.39 is 0 Å². The highest BCUT2D eigenvalue weighted by molar-refractivity contribution is 7.21. The zero-order valence-electron chi connectivity index (χ0n) is 15.7. The molecule has 0 saturated carbocycles. The van der Waals surface area contributed by atoms with Gasteiger partial charge in [-0.1, -0.05) is 36.4 Å². The fraction of sp³-hybridized carbons (Fsp3) is 0.130. The van der Waals surface area contributed by atoms with Crippen molar-refractivity contribution in [1.29, 1.82) is 0 Å². The number of hydrogen-bond acceptors (Lipinski definition) is 4. The van der Waals surface area contributed by atoms with Crippen LogP contribution in [0.2, 0.25) is 0 Å². The first-order chi connectivity index (χ1) is 13.6. The largest absolute Gasteiger partial charge is 0.483 e. The Labute approximate surface area is 167 Å². The Morgan fingerprint density at radius 1 is 1.00 bits per heavy atom. The van der Waals surface area contributed by atoms with E-state index >= 15 is 0 Å². The van der Waals surface area contributed by atoms with E-state index in [-0.39, 0.29) is 12.5 Å². The number of hydrogen-bond donors (Lipinski definition) is 1. The van der Waals surface area contributed by atoms with Gasteiger partial charge in [-0.2, -0.15) is 0 Å². The molecule has 0 spiro atoms. The third-order valence-electron chi connectivity index (χ3n) is 4.64. The molecule has 1 aromatic heterocycles. The lowest BCUT2D eigenvalue weighted by Crippen LogP contribution is -2.20. The van der Waals surface area contributed by atoms with Gasteiger partial charge in [0.05, 0.1) is 15.9 Å². The zero-order chi connectivity index (χ0) is 19.5. The van der Waals surface area contributed by atoms with Crippen LogP contribution in [-0.2, 0) is 4.79 Å². The number of benzene rings is 3. The highest BCUT2D eigenvalue weighted by Crippen LogP contribution is 2.34. The second kappa shape index (κ2) is 7.82. The molecule has 0 unspecified atom stereocenters. The molecule has 4 aromatic rings. The standard InChI is InChI=1S/C23H20N2O2S/c1-15-8-7-12-20(16(15)2)27-14-22(26)24-18-10-4-3-9-17(18)23-25-19-11-5-6-13-21(19)28-23/h3-13H,14H2,1-2H3,(H,24,26). The number of nitrogens with one attached hydrogen (secondary N) is 1. The van der Waals surface area contributed by atoms with Crippen LogP contribution in [0.25, 0.3) is 20.8 Å². The van der Waals surface area contributed by atoms with Crippen LogP contribution < -0.4 is 10.1 Å². The molecule has 5 heteroatoms. The molecule has 0 bridgehead atoms. The molecule has 1 amide bonds. The summed E-state index contributed by atoms with van der Waals surface area (Å²) in [5, 5.41) is 3.84. The quantitative estimate of drug-likeness (QED) is 0.484. The van der Waals surface area contributed by atoms with Crippen LogP contribution in [0.1, 0.15) is 11.1 Å². The van der Waals surface area contributed by atoms with Crippen LogP contribution in [0.5, 0.6) is 5.75 Å². The van der Waals surface area contributed by atoms with Crippen LogP contribution in [0.4, 0.5) is 5.69 Å². The minimum Gasteiger partial charge on any atom is -0.483 e. The smallest absolute Gasteiger partial charge is 0.262 e. The summed E-state index contributed by atoms with van der Waals surface area (Å²) in [6.45, 7) is 3.97. The van der Waals surface area contributed by atoms with Crippen molar-refractivity contribution in [2.45, 2.75) is 13.8 Å². The number of aromatic nitrogens is 1. The number of carbonyl (C=O) groups excluding carboxylic acids is 1. The Morgan fingerprint density at radius 2 is 1.79 bits per heavy atom. The van der Waals surface area contributed by atoms with Crippen molar-refractivity contribution in [2.24, 2.45) is 0 Å². The minimum atomic E-state index is -0.200. The second-order valence-corrected chi connectivity index (χ2v) is 7.60. The average molecular weight is 388 g/mol. The molecule has 0 aliphatic rings. The molecule has 28 heavy (non-hydrogen) atoms. The predicted octanol–water partition coefficient (Wildman–Crippen LogP) is 5.60. The molecular weight excluding hydrogens is 368 g/mol. The molecule has 0 aliphatic carbocycles. The Bertz CT molecular complexity index is 1120. The van der Waals surface area contributed by atoms with Gasteiger partial charge in [-0.25, -0.2) is 4.98 Å². The number of carbonyl (C=O) groups is 1. The fourth-order valence-electron chi connectivity index (χ4n) is 2.98. The first-order valence-corrected chi connectivity index (χ1v) is 9.87. The van der Waals surface area contributed by atoms with Crippen molar-refractivity contribution in [3.05, 3.63) is 77.9 Å². The highest BCUT2D eigenvalue weighted by Gasteiger charge is 2.13. The average Bonchev–Trinajstić information content (AvgIpc) is 3.13. The molecule has 0 atom stereocenters. The first-order valence-electron chi connectivity index (χ1n) is 9.05. The monoisotopic (exact) mass is 388 g/mol. The second-order valence-electron chi connectivity index (χ2n) is 6.57. The molecule has 4 rings (SSSR count). The van der Waals surface area contributed by atoms with Crippen molar-refractivity contribution < 1.29 is 9.53 Å². The van der Waals surface area contributed by atoms with Crippen molar-refractivity contribution in [1.82, 2.24) is 4.98 Å². The lowest BCUT2D eigenvalue weighted by atomic mass is 10.1. The summed E-state index contributed by atoms with van der Waals surface area (Å²) >= 11 is 1.61. The van der Waals surface area contributed by atoms with Gasteiger partial charge in [-0.15, -0.1) is 11.3 Å². The van der Waals surface area contributed by atoms with Crippen molar-refractivity contribution in [3.8, 4) is 16.3 Å². The Balaban J connectivity index is 1.52. The van der Waals surface area contributed by atoms with Gasteiger partial charge < -0.3 is 10.1 Å². The molecule has 0 saturated heterocycles. The zero-order valence-corrected chi connectivity index (χ0v) is 16.5. The van der Waals surface area contributed by atoms with E-state index in [9.17, 15) is 4.79 Å². The van der Waals surface area contributed by atoms with E-state index in [1.165, 1.54) is 0 Å². The van der Waals surface area contributed by atoms with E-state index in [0.29, 0.717) is 0 Å². The summed E-state index contributed by atoms with van der Waals surface area (Å²) in [4.78, 5) is 17.2.